The number of likely N-dealkylation sites (N-methyl/N-ethyl adjacent to an activating group) is 1. The van der Waals surface area contributed by atoms with E-state index in [2.05, 4.69) is 54.3 Å². The van der Waals surface area contributed by atoms with Gasteiger partial charge in [0.25, 0.3) is 0 Å². The lowest BCUT2D eigenvalue weighted by Crippen LogP contribution is -1.98. The number of hydrogen-bond donors (Lipinski definition) is 0. The van der Waals surface area contributed by atoms with Crippen molar-refractivity contribution in [3.8, 4) is 11.1 Å². The second-order valence-electron chi connectivity index (χ2n) is 5.31. The smallest absolute Gasteiger partial charge is 0.0479 e. The van der Waals surface area contributed by atoms with Crippen molar-refractivity contribution in [3.63, 3.8) is 0 Å². The topological polar surface area (TPSA) is 3.01 Å². The Labute approximate surface area is 108 Å². The summed E-state index contributed by atoms with van der Waals surface area (Å²) in [6, 6.07) is 16.3. The Balaban J connectivity index is 1.83. The van der Waals surface area contributed by atoms with Crippen LogP contribution in [0.25, 0.3) is 11.1 Å². The van der Waals surface area contributed by atoms with Crippen molar-refractivity contribution in [1.82, 2.24) is 4.90 Å². The van der Waals surface area contributed by atoms with Gasteiger partial charge in [0, 0.05) is 12.6 Å². The third-order valence-electron chi connectivity index (χ3n) is 4.37. The summed E-state index contributed by atoms with van der Waals surface area (Å²) in [5.41, 5.74) is 7.53. The molecular weight excluding hydrogens is 218 g/mol. The highest BCUT2D eigenvalue weighted by Crippen LogP contribution is 2.44. The maximum atomic E-state index is 2.53. The molecular formula is C17H17N. The van der Waals surface area contributed by atoms with Crippen LogP contribution in [0, 0.1) is 0 Å². The molecule has 1 aliphatic carbocycles. The molecule has 1 heteroatoms. The molecule has 2 atom stereocenters. The van der Waals surface area contributed by atoms with Gasteiger partial charge in [0.1, 0.15) is 0 Å². The molecule has 4 rings (SSSR count). The predicted molar refractivity (Wildman–Crippen MR) is 74.7 cm³/mol. The molecule has 1 saturated heterocycles. The standard InChI is InChI=1S/C17H17N/c1-2-18-11-17(18)15-9-5-8-14-13-7-4-3-6-12(13)10-16(14)15/h3-9,17H,2,10-11H2,1H3. The van der Waals surface area contributed by atoms with Gasteiger partial charge in [0.05, 0.1) is 0 Å². The maximum absolute atomic E-state index is 2.53. The van der Waals surface area contributed by atoms with Crippen molar-refractivity contribution in [2.75, 3.05) is 13.1 Å². The molecule has 2 aromatic carbocycles. The quantitative estimate of drug-likeness (QED) is 0.613. The summed E-state index contributed by atoms with van der Waals surface area (Å²) in [4.78, 5) is 2.53. The lowest BCUT2D eigenvalue weighted by Gasteiger charge is -2.08. The van der Waals surface area contributed by atoms with Crippen molar-refractivity contribution < 1.29 is 0 Å². The molecule has 2 aliphatic rings. The molecule has 0 saturated carbocycles. The van der Waals surface area contributed by atoms with E-state index in [1.165, 1.54) is 29.8 Å². The zero-order valence-electron chi connectivity index (χ0n) is 10.7. The number of fused-ring (bicyclic) bond motifs is 3. The summed E-state index contributed by atoms with van der Waals surface area (Å²) in [6.07, 6.45) is 1.12. The van der Waals surface area contributed by atoms with Crippen molar-refractivity contribution in [1.29, 1.82) is 0 Å². The molecule has 18 heavy (non-hydrogen) atoms. The van der Waals surface area contributed by atoms with Crippen LogP contribution in [0.5, 0.6) is 0 Å². The summed E-state index contributed by atoms with van der Waals surface area (Å²) in [5, 5.41) is 0. The minimum Gasteiger partial charge on any atom is -0.293 e. The van der Waals surface area contributed by atoms with Gasteiger partial charge < -0.3 is 0 Å². The average molecular weight is 235 g/mol. The summed E-state index contributed by atoms with van der Waals surface area (Å²) in [5.74, 6) is 0. The number of nitrogens with zero attached hydrogens (tertiary/aromatic N) is 1. The zero-order valence-corrected chi connectivity index (χ0v) is 10.7. The molecule has 90 valence electrons. The molecule has 0 radical (unpaired) electrons. The molecule has 2 unspecified atom stereocenters. The highest BCUT2D eigenvalue weighted by atomic mass is 15.3. The van der Waals surface area contributed by atoms with Gasteiger partial charge in [-0.25, -0.2) is 0 Å². The molecule has 1 aliphatic heterocycles. The van der Waals surface area contributed by atoms with E-state index in [9.17, 15) is 0 Å². The van der Waals surface area contributed by atoms with E-state index in [-0.39, 0.29) is 0 Å². The first kappa shape index (κ1) is 10.3. The molecule has 2 aromatic rings. The normalized spacial score (nSPS) is 23.6. The van der Waals surface area contributed by atoms with Crippen LogP contribution in [0.3, 0.4) is 0 Å². The molecule has 1 nitrogen and oxygen atoms in total. The fourth-order valence-corrected chi connectivity index (χ4v) is 3.31. The first-order valence-corrected chi connectivity index (χ1v) is 6.82. The van der Waals surface area contributed by atoms with Gasteiger partial charge in [-0.15, -0.1) is 0 Å². The van der Waals surface area contributed by atoms with Crippen LogP contribution in [0.4, 0.5) is 0 Å². The Morgan fingerprint density at radius 1 is 1.06 bits per heavy atom. The van der Waals surface area contributed by atoms with Crippen molar-refractivity contribution in [2.24, 2.45) is 0 Å². The molecule has 0 spiro atoms. The Morgan fingerprint density at radius 3 is 2.72 bits per heavy atom. The van der Waals surface area contributed by atoms with Gasteiger partial charge in [-0.3, -0.25) is 4.90 Å². The first-order valence-electron chi connectivity index (χ1n) is 6.82. The summed E-state index contributed by atoms with van der Waals surface area (Å²) in [7, 11) is 0. The van der Waals surface area contributed by atoms with Gasteiger partial charge in [0.2, 0.25) is 0 Å². The Kier molecular flexibility index (Phi) is 2.12. The molecule has 0 bridgehead atoms. The monoisotopic (exact) mass is 235 g/mol. The zero-order chi connectivity index (χ0) is 12.1. The highest BCUT2D eigenvalue weighted by molar-refractivity contribution is 5.78. The van der Waals surface area contributed by atoms with E-state index in [1.54, 1.807) is 11.1 Å². The van der Waals surface area contributed by atoms with Crippen LogP contribution in [0.15, 0.2) is 42.5 Å². The lowest BCUT2D eigenvalue weighted by molar-refractivity contribution is 0.543. The number of rotatable bonds is 2. The fraction of sp³-hybridized carbons (Fsp3) is 0.294. The molecule has 0 aromatic heterocycles. The fourth-order valence-electron chi connectivity index (χ4n) is 3.31. The second kappa shape index (κ2) is 3.69. The molecule has 0 N–H and O–H groups in total. The van der Waals surface area contributed by atoms with Crippen LogP contribution in [0.1, 0.15) is 29.7 Å². The second-order valence-corrected chi connectivity index (χ2v) is 5.31. The van der Waals surface area contributed by atoms with Gasteiger partial charge >= 0.3 is 0 Å². The van der Waals surface area contributed by atoms with Crippen molar-refractivity contribution >= 4 is 0 Å². The SMILES string of the molecule is CCN1CC1c1cccc2c1Cc1ccccc1-2. The number of benzene rings is 2. The van der Waals surface area contributed by atoms with Gasteiger partial charge in [-0.1, -0.05) is 49.4 Å². The van der Waals surface area contributed by atoms with Gasteiger partial charge in [-0.05, 0) is 40.8 Å². The summed E-state index contributed by atoms with van der Waals surface area (Å²) >= 11 is 0. The van der Waals surface area contributed by atoms with Gasteiger partial charge in [-0.2, -0.15) is 0 Å². The van der Waals surface area contributed by atoms with E-state index in [4.69, 9.17) is 0 Å². The minimum atomic E-state index is 0.680. The predicted octanol–water partition coefficient (Wildman–Crippen LogP) is 3.63. The third-order valence-corrected chi connectivity index (χ3v) is 4.37. The first-order chi connectivity index (χ1) is 8.88. The summed E-state index contributed by atoms with van der Waals surface area (Å²) < 4.78 is 0. The van der Waals surface area contributed by atoms with E-state index < -0.39 is 0 Å². The molecule has 1 heterocycles. The molecule has 1 fully saturated rings. The van der Waals surface area contributed by atoms with E-state index in [0.29, 0.717) is 6.04 Å². The van der Waals surface area contributed by atoms with Crippen LogP contribution in [-0.2, 0) is 6.42 Å². The van der Waals surface area contributed by atoms with E-state index >= 15 is 0 Å². The average Bonchev–Trinajstić information content (AvgIpc) is 3.10. The third kappa shape index (κ3) is 1.37. The van der Waals surface area contributed by atoms with Crippen LogP contribution >= 0.6 is 0 Å². The number of hydrogen-bond acceptors (Lipinski definition) is 1. The summed E-state index contributed by atoms with van der Waals surface area (Å²) in [6.45, 7) is 4.66. The Hall–Kier alpha value is -1.60. The minimum absolute atomic E-state index is 0.680. The van der Waals surface area contributed by atoms with Crippen molar-refractivity contribution in [2.45, 2.75) is 19.4 Å². The largest absolute Gasteiger partial charge is 0.293 e. The van der Waals surface area contributed by atoms with E-state index in [1.807, 2.05) is 0 Å². The van der Waals surface area contributed by atoms with Crippen LogP contribution < -0.4 is 0 Å². The van der Waals surface area contributed by atoms with Gasteiger partial charge in [0.15, 0.2) is 0 Å². The Bertz CT molecular complexity index is 615. The highest BCUT2D eigenvalue weighted by Gasteiger charge is 2.36. The Morgan fingerprint density at radius 2 is 1.89 bits per heavy atom. The van der Waals surface area contributed by atoms with Crippen molar-refractivity contribution in [3.05, 3.63) is 59.2 Å². The van der Waals surface area contributed by atoms with E-state index in [0.717, 1.165) is 6.42 Å². The maximum Gasteiger partial charge on any atom is 0.0479 e. The lowest BCUT2D eigenvalue weighted by atomic mass is 9.99. The van der Waals surface area contributed by atoms with Crippen LogP contribution in [0.2, 0.25) is 0 Å². The molecule has 0 amide bonds. The van der Waals surface area contributed by atoms with Crippen LogP contribution in [-0.4, -0.2) is 18.0 Å².